The molecule has 0 aliphatic carbocycles. The van der Waals surface area contributed by atoms with E-state index in [1.54, 1.807) is 36.7 Å². The summed E-state index contributed by atoms with van der Waals surface area (Å²) in [6.07, 6.45) is 4.36. The van der Waals surface area contributed by atoms with E-state index in [0.717, 1.165) is 25.3 Å². The zero-order chi connectivity index (χ0) is 13.1. The molecule has 0 amide bonds. The molecule has 1 aliphatic rings. The molecule has 5 nitrogen and oxygen atoms in total. The van der Waals surface area contributed by atoms with E-state index in [0.29, 0.717) is 17.4 Å². The molecule has 1 aromatic heterocycles. The first kappa shape index (κ1) is 11.9. The number of para-hydroxylation sites is 2. The van der Waals surface area contributed by atoms with Gasteiger partial charge in [0.1, 0.15) is 5.82 Å². The van der Waals surface area contributed by atoms with Crippen LogP contribution in [0.15, 0.2) is 36.7 Å². The summed E-state index contributed by atoms with van der Waals surface area (Å²) < 4.78 is 5.54. The Morgan fingerprint density at radius 3 is 2.68 bits per heavy atom. The minimum absolute atomic E-state index is 0.103. The normalized spacial score (nSPS) is 18.4. The van der Waals surface area contributed by atoms with Crippen LogP contribution in [0, 0.1) is 0 Å². The van der Waals surface area contributed by atoms with Gasteiger partial charge >= 0.3 is 0 Å². The molecule has 3 rings (SSSR count). The molecule has 2 heterocycles. The highest BCUT2D eigenvalue weighted by Gasteiger charge is 2.19. The third kappa shape index (κ3) is 2.66. The second-order valence-corrected chi connectivity index (χ2v) is 4.54. The zero-order valence-corrected chi connectivity index (χ0v) is 10.4. The minimum atomic E-state index is 0.103. The number of nitrogens with zero attached hydrogens (tertiary/aromatic N) is 2. The molecule has 0 saturated carbocycles. The highest BCUT2D eigenvalue weighted by atomic mass is 16.5. The minimum Gasteiger partial charge on any atom is -0.504 e. The van der Waals surface area contributed by atoms with Crippen LogP contribution in [0.5, 0.6) is 17.2 Å². The molecule has 0 bridgehead atoms. The van der Waals surface area contributed by atoms with Crippen LogP contribution in [0.25, 0.3) is 0 Å². The first-order valence-corrected chi connectivity index (χ1v) is 6.31. The smallest absolute Gasteiger partial charge is 0.169 e. The number of hydrogen-bond donors (Lipinski definition) is 2. The lowest BCUT2D eigenvalue weighted by molar-refractivity contribution is 0.409. The maximum absolute atomic E-state index is 9.62. The van der Waals surface area contributed by atoms with Crippen molar-refractivity contribution in [3.05, 3.63) is 42.5 Å². The van der Waals surface area contributed by atoms with E-state index in [1.165, 1.54) is 0 Å². The molecule has 98 valence electrons. The zero-order valence-electron chi connectivity index (χ0n) is 10.4. The molecule has 1 aliphatic heterocycles. The van der Waals surface area contributed by atoms with E-state index in [9.17, 15) is 5.11 Å². The van der Waals surface area contributed by atoms with Crippen molar-refractivity contribution in [3.63, 3.8) is 0 Å². The van der Waals surface area contributed by atoms with E-state index >= 15 is 0 Å². The third-order valence-corrected chi connectivity index (χ3v) is 3.17. The Morgan fingerprint density at radius 1 is 1.21 bits per heavy atom. The largest absolute Gasteiger partial charge is 0.504 e. The number of phenolic OH excluding ortho intramolecular Hbond substituents is 1. The average Bonchev–Trinajstić information content (AvgIpc) is 2.96. The molecule has 1 fully saturated rings. The standard InChI is InChI=1S/C14H15N3O2/c18-12-3-1-2-4-13(12)19-11-8-16-14(17-9-11)10-5-6-15-7-10/h1-4,8-10,15,18H,5-7H2. The van der Waals surface area contributed by atoms with Crippen LogP contribution in [0.3, 0.4) is 0 Å². The highest BCUT2D eigenvalue weighted by Crippen LogP contribution is 2.29. The van der Waals surface area contributed by atoms with Crippen molar-refractivity contribution in [1.29, 1.82) is 0 Å². The van der Waals surface area contributed by atoms with Gasteiger partial charge in [-0.1, -0.05) is 12.1 Å². The second-order valence-electron chi connectivity index (χ2n) is 4.54. The number of hydrogen-bond acceptors (Lipinski definition) is 5. The summed E-state index contributed by atoms with van der Waals surface area (Å²) in [5.74, 6) is 2.26. The SMILES string of the molecule is Oc1ccccc1Oc1cnc(C2CCNC2)nc1. The molecule has 1 saturated heterocycles. The van der Waals surface area contributed by atoms with Crippen LogP contribution >= 0.6 is 0 Å². The molecule has 5 heteroatoms. The van der Waals surface area contributed by atoms with E-state index < -0.39 is 0 Å². The van der Waals surface area contributed by atoms with Crippen molar-refractivity contribution in [2.75, 3.05) is 13.1 Å². The molecule has 1 atom stereocenters. The number of benzene rings is 1. The molecule has 2 N–H and O–H groups in total. The maximum atomic E-state index is 9.62. The van der Waals surface area contributed by atoms with Crippen molar-refractivity contribution >= 4 is 0 Å². The number of aromatic hydroxyl groups is 1. The van der Waals surface area contributed by atoms with E-state index in [2.05, 4.69) is 15.3 Å². The number of phenols is 1. The Morgan fingerprint density at radius 2 is 2.00 bits per heavy atom. The average molecular weight is 257 g/mol. The van der Waals surface area contributed by atoms with E-state index in [-0.39, 0.29) is 5.75 Å². The van der Waals surface area contributed by atoms with Crippen LogP contribution in [0.2, 0.25) is 0 Å². The summed E-state index contributed by atoms with van der Waals surface area (Å²) in [5.41, 5.74) is 0. The van der Waals surface area contributed by atoms with Gasteiger partial charge in [0.2, 0.25) is 0 Å². The fraction of sp³-hybridized carbons (Fsp3) is 0.286. The van der Waals surface area contributed by atoms with Crippen molar-refractivity contribution in [2.45, 2.75) is 12.3 Å². The summed E-state index contributed by atoms with van der Waals surface area (Å²) >= 11 is 0. The van der Waals surface area contributed by atoms with E-state index in [4.69, 9.17) is 4.74 Å². The third-order valence-electron chi connectivity index (χ3n) is 3.17. The first-order chi connectivity index (χ1) is 9.33. The molecule has 1 unspecified atom stereocenters. The van der Waals surface area contributed by atoms with Crippen molar-refractivity contribution < 1.29 is 9.84 Å². The molecule has 0 radical (unpaired) electrons. The Kier molecular flexibility index (Phi) is 3.29. The van der Waals surface area contributed by atoms with Gasteiger partial charge < -0.3 is 15.2 Å². The fourth-order valence-corrected chi connectivity index (χ4v) is 2.14. The van der Waals surface area contributed by atoms with Crippen molar-refractivity contribution in [2.24, 2.45) is 0 Å². The first-order valence-electron chi connectivity index (χ1n) is 6.31. The predicted octanol–water partition coefficient (Wildman–Crippen LogP) is 2.05. The summed E-state index contributed by atoms with van der Waals surface area (Å²) in [4.78, 5) is 8.66. The van der Waals surface area contributed by atoms with Gasteiger partial charge in [-0.25, -0.2) is 9.97 Å². The van der Waals surface area contributed by atoms with Gasteiger partial charge in [-0.05, 0) is 25.1 Å². The molecule has 1 aromatic carbocycles. The summed E-state index contributed by atoms with van der Waals surface area (Å²) in [6.45, 7) is 1.95. The number of aromatic nitrogens is 2. The van der Waals surface area contributed by atoms with E-state index in [1.807, 2.05) is 0 Å². The molecule has 19 heavy (non-hydrogen) atoms. The molecule has 2 aromatic rings. The molecular formula is C14H15N3O2. The van der Waals surface area contributed by atoms with Gasteiger partial charge in [-0.3, -0.25) is 0 Å². The Labute approximate surface area is 111 Å². The van der Waals surface area contributed by atoms with Crippen molar-refractivity contribution in [1.82, 2.24) is 15.3 Å². The Hall–Kier alpha value is -2.14. The Bertz CT molecular complexity index is 551. The van der Waals surface area contributed by atoms with Gasteiger partial charge in [0.15, 0.2) is 17.2 Å². The van der Waals surface area contributed by atoms with Gasteiger partial charge in [0.05, 0.1) is 12.4 Å². The molecule has 0 spiro atoms. The van der Waals surface area contributed by atoms with Gasteiger partial charge in [0, 0.05) is 12.5 Å². The molecular weight excluding hydrogens is 242 g/mol. The van der Waals surface area contributed by atoms with Gasteiger partial charge in [0.25, 0.3) is 0 Å². The van der Waals surface area contributed by atoms with Gasteiger partial charge in [-0.2, -0.15) is 0 Å². The second kappa shape index (κ2) is 5.24. The lowest BCUT2D eigenvalue weighted by atomic mass is 10.1. The number of rotatable bonds is 3. The van der Waals surface area contributed by atoms with Crippen LogP contribution in [0.4, 0.5) is 0 Å². The van der Waals surface area contributed by atoms with Crippen LogP contribution in [-0.4, -0.2) is 28.2 Å². The lowest BCUT2D eigenvalue weighted by Gasteiger charge is -2.09. The van der Waals surface area contributed by atoms with Crippen molar-refractivity contribution in [3.8, 4) is 17.2 Å². The van der Waals surface area contributed by atoms with Crippen LogP contribution in [0.1, 0.15) is 18.2 Å². The predicted molar refractivity (Wildman–Crippen MR) is 70.4 cm³/mol. The quantitative estimate of drug-likeness (QED) is 0.880. The van der Waals surface area contributed by atoms with Crippen LogP contribution < -0.4 is 10.1 Å². The fourth-order valence-electron chi connectivity index (χ4n) is 2.14. The monoisotopic (exact) mass is 257 g/mol. The Balaban J connectivity index is 1.74. The lowest BCUT2D eigenvalue weighted by Crippen LogP contribution is -2.10. The topological polar surface area (TPSA) is 67.3 Å². The maximum Gasteiger partial charge on any atom is 0.169 e. The summed E-state index contributed by atoms with van der Waals surface area (Å²) in [7, 11) is 0. The summed E-state index contributed by atoms with van der Waals surface area (Å²) in [6, 6.07) is 6.82. The highest BCUT2D eigenvalue weighted by molar-refractivity contribution is 5.40. The van der Waals surface area contributed by atoms with Crippen LogP contribution in [-0.2, 0) is 0 Å². The number of nitrogens with one attached hydrogen (secondary N) is 1. The van der Waals surface area contributed by atoms with Gasteiger partial charge in [-0.15, -0.1) is 0 Å². The summed E-state index contributed by atoms with van der Waals surface area (Å²) in [5, 5.41) is 12.9. The number of ether oxygens (including phenoxy) is 1.